The molecule has 0 N–H and O–H groups in total. The second-order valence-corrected chi connectivity index (χ2v) is 4.74. The molecule has 0 radical (unpaired) electrons. The van der Waals surface area contributed by atoms with E-state index in [4.69, 9.17) is 11.6 Å². The van der Waals surface area contributed by atoms with Crippen molar-refractivity contribution in [1.29, 1.82) is 0 Å². The summed E-state index contributed by atoms with van der Waals surface area (Å²) < 4.78 is 1.84. The van der Waals surface area contributed by atoms with Crippen molar-refractivity contribution < 1.29 is 0 Å². The molecule has 2 heterocycles. The van der Waals surface area contributed by atoms with Crippen LogP contribution in [0.2, 0.25) is 5.15 Å². The first-order valence-electron chi connectivity index (χ1n) is 6.39. The van der Waals surface area contributed by atoms with E-state index in [9.17, 15) is 0 Å². The van der Waals surface area contributed by atoms with Gasteiger partial charge in [-0.25, -0.2) is 9.97 Å². The molecule has 0 saturated heterocycles. The summed E-state index contributed by atoms with van der Waals surface area (Å²) in [7, 11) is 0. The molecule has 0 spiro atoms. The summed E-state index contributed by atoms with van der Waals surface area (Å²) in [5.74, 6) is 0.594. The summed E-state index contributed by atoms with van der Waals surface area (Å²) in [6, 6.07) is 11.7. The van der Waals surface area contributed by atoms with Gasteiger partial charge in [-0.1, -0.05) is 41.9 Å². The van der Waals surface area contributed by atoms with Crippen molar-refractivity contribution in [2.75, 3.05) is 0 Å². The molecular weight excluding hydrogens is 272 g/mol. The van der Waals surface area contributed by atoms with Gasteiger partial charge in [-0.3, -0.25) is 4.68 Å². The minimum Gasteiger partial charge on any atom is -0.272 e. The average Bonchev–Trinajstić information content (AvgIpc) is 2.96. The van der Waals surface area contributed by atoms with Gasteiger partial charge in [0.1, 0.15) is 5.15 Å². The van der Waals surface area contributed by atoms with Crippen LogP contribution >= 0.6 is 11.6 Å². The lowest BCUT2D eigenvalue weighted by atomic mass is 10.1. The zero-order valence-electron chi connectivity index (χ0n) is 11.0. The molecule has 1 aromatic carbocycles. The van der Waals surface area contributed by atoms with Gasteiger partial charge < -0.3 is 0 Å². The van der Waals surface area contributed by atoms with Crippen molar-refractivity contribution >= 4 is 11.6 Å². The number of aromatic nitrogens is 4. The van der Waals surface area contributed by atoms with E-state index in [0.717, 1.165) is 23.4 Å². The highest BCUT2D eigenvalue weighted by atomic mass is 35.5. The van der Waals surface area contributed by atoms with Crippen LogP contribution in [-0.2, 0) is 6.54 Å². The third-order valence-electron chi connectivity index (χ3n) is 2.98. The first-order valence-corrected chi connectivity index (χ1v) is 6.77. The lowest BCUT2D eigenvalue weighted by Crippen LogP contribution is -1.93. The third kappa shape index (κ3) is 2.56. The maximum Gasteiger partial charge on any atom is 0.164 e. The van der Waals surface area contributed by atoms with E-state index in [1.165, 1.54) is 0 Å². The highest BCUT2D eigenvalue weighted by molar-refractivity contribution is 6.29. The quantitative estimate of drug-likeness (QED) is 0.689. The van der Waals surface area contributed by atoms with Crippen molar-refractivity contribution in [1.82, 2.24) is 19.7 Å². The van der Waals surface area contributed by atoms with Gasteiger partial charge in [0.05, 0.1) is 17.5 Å². The Labute approximate surface area is 122 Å². The Morgan fingerprint density at radius 1 is 1.10 bits per heavy atom. The number of rotatable bonds is 3. The van der Waals surface area contributed by atoms with Crippen LogP contribution in [0.4, 0.5) is 0 Å². The normalized spacial score (nSPS) is 10.7. The molecule has 0 atom stereocenters. The van der Waals surface area contributed by atoms with E-state index in [-0.39, 0.29) is 0 Å². The van der Waals surface area contributed by atoms with Gasteiger partial charge in [0, 0.05) is 24.4 Å². The first kappa shape index (κ1) is 12.8. The predicted molar refractivity (Wildman–Crippen MR) is 79.4 cm³/mol. The number of halogens is 1. The van der Waals surface area contributed by atoms with E-state index in [1.807, 2.05) is 48.1 Å². The number of benzene rings is 1. The van der Waals surface area contributed by atoms with Crippen LogP contribution < -0.4 is 0 Å². The molecule has 0 bridgehead atoms. The highest BCUT2D eigenvalue weighted by Gasteiger charge is 2.09. The molecule has 100 valence electrons. The van der Waals surface area contributed by atoms with Crippen molar-refractivity contribution in [3.8, 4) is 22.6 Å². The fourth-order valence-corrected chi connectivity index (χ4v) is 2.14. The second-order valence-electron chi connectivity index (χ2n) is 4.35. The second kappa shape index (κ2) is 5.43. The Morgan fingerprint density at radius 3 is 2.60 bits per heavy atom. The zero-order valence-corrected chi connectivity index (χ0v) is 11.7. The van der Waals surface area contributed by atoms with E-state index in [0.29, 0.717) is 11.0 Å². The summed E-state index contributed by atoms with van der Waals surface area (Å²) in [6.45, 7) is 2.84. The van der Waals surface area contributed by atoms with E-state index in [1.54, 1.807) is 12.3 Å². The number of nitrogens with zero attached hydrogens (tertiary/aromatic N) is 4. The van der Waals surface area contributed by atoms with Gasteiger partial charge in [0.25, 0.3) is 0 Å². The summed E-state index contributed by atoms with van der Waals surface area (Å²) in [4.78, 5) is 8.85. The minimum absolute atomic E-state index is 0.429. The van der Waals surface area contributed by atoms with Crippen LogP contribution in [-0.4, -0.2) is 19.7 Å². The predicted octanol–water partition coefficient (Wildman–Crippen LogP) is 3.68. The van der Waals surface area contributed by atoms with Crippen LogP contribution in [0.3, 0.4) is 0 Å². The molecule has 20 heavy (non-hydrogen) atoms. The molecule has 0 amide bonds. The largest absolute Gasteiger partial charge is 0.272 e. The Kier molecular flexibility index (Phi) is 3.48. The molecule has 3 aromatic rings. The molecule has 0 aliphatic rings. The first-order chi connectivity index (χ1) is 9.76. The average molecular weight is 285 g/mol. The van der Waals surface area contributed by atoms with Crippen molar-refractivity contribution in [3.05, 3.63) is 53.9 Å². The Balaban J connectivity index is 2.07. The van der Waals surface area contributed by atoms with Gasteiger partial charge in [0.2, 0.25) is 0 Å². The molecule has 5 heteroatoms. The smallest absolute Gasteiger partial charge is 0.164 e. The SMILES string of the molecule is CCn1cc(-c2nc(Cl)cc(-c3ccccc3)n2)cn1. The minimum atomic E-state index is 0.429. The molecule has 4 nitrogen and oxygen atoms in total. The molecule has 0 saturated carbocycles. The van der Waals surface area contributed by atoms with Gasteiger partial charge in [-0.2, -0.15) is 5.10 Å². The molecule has 0 unspecified atom stereocenters. The van der Waals surface area contributed by atoms with Crippen LogP contribution in [0.1, 0.15) is 6.92 Å². The van der Waals surface area contributed by atoms with Crippen LogP contribution in [0, 0.1) is 0 Å². The van der Waals surface area contributed by atoms with Gasteiger partial charge in [-0.05, 0) is 6.92 Å². The van der Waals surface area contributed by atoms with Crippen molar-refractivity contribution in [2.45, 2.75) is 13.5 Å². The third-order valence-corrected chi connectivity index (χ3v) is 3.17. The lowest BCUT2D eigenvalue weighted by molar-refractivity contribution is 0.660. The Hall–Kier alpha value is -2.20. The van der Waals surface area contributed by atoms with Crippen LogP contribution in [0.25, 0.3) is 22.6 Å². The van der Waals surface area contributed by atoms with Crippen molar-refractivity contribution in [2.24, 2.45) is 0 Å². The number of aryl methyl sites for hydroxylation is 1. The van der Waals surface area contributed by atoms with E-state index < -0.39 is 0 Å². The zero-order chi connectivity index (χ0) is 13.9. The Bertz CT molecular complexity index is 722. The molecule has 2 aromatic heterocycles. The molecule has 0 fully saturated rings. The topological polar surface area (TPSA) is 43.6 Å². The van der Waals surface area contributed by atoms with Gasteiger partial charge in [-0.15, -0.1) is 0 Å². The monoisotopic (exact) mass is 284 g/mol. The fraction of sp³-hybridized carbons (Fsp3) is 0.133. The fourth-order valence-electron chi connectivity index (χ4n) is 1.96. The van der Waals surface area contributed by atoms with Gasteiger partial charge >= 0.3 is 0 Å². The summed E-state index contributed by atoms with van der Waals surface area (Å²) in [5.41, 5.74) is 2.69. The highest BCUT2D eigenvalue weighted by Crippen LogP contribution is 2.23. The van der Waals surface area contributed by atoms with Crippen LogP contribution in [0.15, 0.2) is 48.8 Å². The number of hydrogen-bond acceptors (Lipinski definition) is 3. The van der Waals surface area contributed by atoms with E-state index in [2.05, 4.69) is 15.1 Å². The number of hydrogen-bond donors (Lipinski definition) is 0. The molecule has 0 aliphatic heterocycles. The van der Waals surface area contributed by atoms with Crippen LogP contribution in [0.5, 0.6) is 0 Å². The summed E-state index contributed by atoms with van der Waals surface area (Å²) in [5, 5.41) is 4.67. The maximum atomic E-state index is 6.11. The van der Waals surface area contributed by atoms with Crippen molar-refractivity contribution in [3.63, 3.8) is 0 Å². The maximum absolute atomic E-state index is 6.11. The lowest BCUT2D eigenvalue weighted by Gasteiger charge is -2.04. The molecule has 3 rings (SSSR count). The summed E-state index contributed by atoms with van der Waals surface area (Å²) >= 11 is 6.11. The summed E-state index contributed by atoms with van der Waals surface area (Å²) in [6.07, 6.45) is 3.67. The Morgan fingerprint density at radius 2 is 1.90 bits per heavy atom. The van der Waals surface area contributed by atoms with Gasteiger partial charge in [0.15, 0.2) is 5.82 Å². The van der Waals surface area contributed by atoms with E-state index >= 15 is 0 Å². The molecular formula is C15H13ClN4. The molecule has 0 aliphatic carbocycles. The standard InChI is InChI=1S/C15H13ClN4/c1-2-20-10-12(9-17-20)15-18-13(8-14(16)19-15)11-6-4-3-5-7-11/h3-10H,2H2,1H3.